The number of methoxy groups -OCH3 is 1. The Labute approximate surface area is 179 Å². The number of nitrogens with one attached hydrogen (secondary N) is 2. The van der Waals surface area contributed by atoms with Gasteiger partial charge in [0.25, 0.3) is 5.91 Å². The van der Waals surface area contributed by atoms with Gasteiger partial charge in [-0.25, -0.2) is 0 Å². The van der Waals surface area contributed by atoms with Gasteiger partial charge < -0.3 is 14.5 Å². The summed E-state index contributed by atoms with van der Waals surface area (Å²) in [4.78, 5) is 12.4. The third-order valence-electron chi connectivity index (χ3n) is 4.60. The first-order valence-corrected chi connectivity index (χ1v) is 9.84. The van der Waals surface area contributed by atoms with Gasteiger partial charge in [0.2, 0.25) is 0 Å². The Kier molecular flexibility index (Phi) is 5.77. The Hall–Kier alpha value is -3.64. The lowest BCUT2D eigenvalue weighted by Gasteiger charge is -2.10. The smallest absolute Gasteiger partial charge is 0.293 e. The van der Waals surface area contributed by atoms with E-state index in [4.69, 9.17) is 21.4 Å². The highest BCUT2D eigenvalue weighted by molar-refractivity contribution is 7.80. The number of rotatable bonds is 5. The van der Waals surface area contributed by atoms with Crippen molar-refractivity contribution in [3.63, 3.8) is 0 Å². The number of hydrogen-bond acceptors (Lipinski definition) is 4. The highest BCUT2D eigenvalue weighted by atomic mass is 32.1. The molecule has 5 nitrogen and oxygen atoms in total. The molecule has 0 fully saturated rings. The maximum absolute atomic E-state index is 12.4. The Balaban J connectivity index is 1.40. The monoisotopic (exact) mass is 416 g/mol. The molecule has 3 aromatic carbocycles. The van der Waals surface area contributed by atoms with Gasteiger partial charge in [-0.2, -0.15) is 0 Å². The number of para-hydroxylation sites is 1. The molecule has 150 valence electrons. The van der Waals surface area contributed by atoms with Crippen LogP contribution in [0.5, 0.6) is 5.75 Å². The van der Waals surface area contributed by atoms with E-state index in [9.17, 15) is 4.79 Å². The van der Waals surface area contributed by atoms with Gasteiger partial charge in [-0.05, 0) is 66.2 Å². The second kappa shape index (κ2) is 8.80. The highest BCUT2D eigenvalue weighted by Gasteiger charge is 2.13. The molecule has 1 amide bonds. The van der Waals surface area contributed by atoms with Crippen molar-refractivity contribution in [1.29, 1.82) is 0 Å². The molecule has 4 aromatic rings. The summed E-state index contributed by atoms with van der Waals surface area (Å²) in [6.07, 6.45) is 0.755. The molecule has 0 unspecified atom stereocenters. The standard InChI is InChI=1S/C24H20N2O3S/c1-28-20-10-5-7-17(14-20)12-16-6-4-9-19(13-16)25-24(30)26-23(27)22-15-18-8-2-3-11-21(18)29-22/h2-11,13-15H,12H2,1H3,(H2,25,26,27,30). The summed E-state index contributed by atoms with van der Waals surface area (Å²) >= 11 is 5.30. The van der Waals surface area contributed by atoms with Crippen LogP contribution in [0.25, 0.3) is 11.0 Å². The van der Waals surface area contributed by atoms with E-state index in [1.54, 1.807) is 13.2 Å². The van der Waals surface area contributed by atoms with Gasteiger partial charge in [0.05, 0.1) is 7.11 Å². The summed E-state index contributed by atoms with van der Waals surface area (Å²) in [5.74, 6) is 0.652. The van der Waals surface area contributed by atoms with Gasteiger partial charge in [-0.1, -0.05) is 42.5 Å². The maximum atomic E-state index is 12.4. The lowest BCUT2D eigenvalue weighted by atomic mass is 10.0. The topological polar surface area (TPSA) is 63.5 Å². The normalized spacial score (nSPS) is 10.6. The molecule has 0 aliphatic heterocycles. The van der Waals surface area contributed by atoms with Crippen molar-refractivity contribution in [2.75, 3.05) is 12.4 Å². The summed E-state index contributed by atoms with van der Waals surface area (Å²) in [5.41, 5.74) is 3.71. The first-order valence-electron chi connectivity index (χ1n) is 9.43. The van der Waals surface area contributed by atoms with Gasteiger partial charge in [0.15, 0.2) is 10.9 Å². The minimum atomic E-state index is -0.392. The first kappa shape index (κ1) is 19.7. The third-order valence-corrected chi connectivity index (χ3v) is 4.81. The van der Waals surface area contributed by atoms with Crippen LogP contribution < -0.4 is 15.4 Å². The lowest BCUT2D eigenvalue weighted by molar-refractivity contribution is 0.0953. The van der Waals surface area contributed by atoms with E-state index in [1.165, 1.54) is 0 Å². The molecule has 6 heteroatoms. The zero-order valence-electron chi connectivity index (χ0n) is 16.3. The molecule has 0 radical (unpaired) electrons. The number of anilines is 1. The fraction of sp³-hybridized carbons (Fsp3) is 0.0833. The van der Waals surface area contributed by atoms with Crippen molar-refractivity contribution in [3.05, 3.63) is 95.7 Å². The molecule has 30 heavy (non-hydrogen) atoms. The van der Waals surface area contributed by atoms with Crippen LogP contribution in [0.1, 0.15) is 21.7 Å². The lowest BCUT2D eigenvalue weighted by Crippen LogP contribution is -2.33. The molecule has 1 heterocycles. The molecule has 2 N–H and O–H groups in total. The summed E-state index contributed by atoms with van der Waals surface area (Å²) in [7, 11) is 1.66. The molecular weight excluding hydrogens is 396 g/mol. The molecule has 0 atom stereocenters. The van der Waals surface area contributed by atoms with E-state index in [0.29, 0.717) is 5.58 Å². The number of benzene rings is 3. The average molecular weight is 417 g/mol. The predicted molar refractivity (Wildman–Crippen MR) is 122 cm³/mol. The van der Waals surface area contributed by atoms with Gasteiger partial charge in [0.1, 0.15) is 11.3 Å². The van der Waals surface area contributed by atoms with E-state index in [0.717, 1.165) is 34.4 Å². The number of thiocarbonyl (C=S) groups is 1. The van der Waals surface area contributed by atoms with Gasteiger partial charge in [-0.3, -0.25) is 10.1 Å². The summed E-state index contributed by atoms with van der Waals surface area (Å²) < 4.78 is 10.9. The van der Waals surface area contributed by atoms with Crippen LogP contribution in [0, 0.1) is 0 Å². The van der Waals surface area contributed by atoms with Gasteiger partial charge in [-0.15, -0.1) is 0 Å². The second-order valence-corrected chi connectivity index (χ2v) is 7.19. The highest BCUT2D eigenvalue weighted by Crippen LogP contribution is 2.20. The second-order valence-electron chi connectivity index (χ2n) is 6.79. The first-order chi connectivity index (χ1) is 14.6. The molecule has 0 saturated heterocycles. The fourth-order valence-corrected chi connectivity index (χ4v) is 3.41. The Morgan fingerprint density at radius 2 is 1.73 bits per heavy atom. The zero-order valence-corrected chi connectivity index (χ0v) is 17.2. The van der Waals surface area contributed by atoms with Crippen LogP contribution in [-0.4, -0.2) is 18.1 Å². The van der Waals surface area contributed by atoms with Crippen molar-refractivity contribution < 1.29 is 13.9 Å². The van der Waals surface area contributed by atoms with Crippen LogP contribution in [0.3, 0.4) is 0 Å². The molecule has 0 aliphatic rings. The fourth-order valence-electron chi connectivity index (χ4n) is 3.20. The number of furan rings is 1. The summed E-state index contributed by atoms with van der Waals surface area (Å²) in [6, 6.07) is 25.0. The van der Waals surface area contributed by atoms with Crippen molar-refractivity contribution in [1.82, 2.24) is 5.32 Å². The molecule has 0 spiro atoms. The Morgan fingerprint density at radius 3 is 2.53 bits per heavy atom. The van der Waals surface area contributed by atoms with Crippen molar-refractivity contribution in [2.24, 2.45) is 0 Å². The van der Waals surface area contributed by atoms with E-state index in [2.05, 4.69) is 16.7 Å². The van der Waals surface area contributed by atoms with Crippen LogP contribution in [0.2, 0.25) is 0 Å². The van der Waals surface area contributed by atoms with Crippen LogP contribution in [0.4, 0.5) is 5.69 Å². The number of hydrogen-bond donors (Lipinski definition) is 2. The number of amides is 1. The molecule has 4 rings (SSSR count). The molecule has 0 saturated carbocycles. The van der Waals surface area contributed by atoms with Gasteiger partial charge >= 0.3 is 0 Å². The summed E-state index contributed by atoms with van der Waals surface area (Å²) in [5, 5.41) is 6.79. The zero-order chi connectivity index (χ0) is 20.9. The average Bonchev–Trinajstić information content (AvgIpc) is 3.18. The number of fused-ring (bicyclic) bond motifs is 1. The molecule has 1 aromatic heterocycles. The maximum Gasteiger partial charge on any atom is 0.293 e. The van der Waals surface area contributed by atoms with Gasteiger partial charge in [0, 0.05) is 11.1 Å². The third kappa shape index (κ3) is 4.67. The SMILES string of the molecule is COc1cccc(Cc2cccc(NC(=S)NC(=O)c3cc4ccccc4o3)c2)c1. The van der Waals surface area contributed by atoms with E-state index >= 15 is 0 Å². The Morgan fingerprint density at radius 1 is 0.967 bits per heavy atom. The molecule has 0 aliphatic carbocycles. The van der Waals surface area contributed by atoms with Crippen LogP contribution >= 0.6 is 12.2 Å². The Bertz CT molecular complexity index is 1180. The van der Waals surface area contributed by atoms with E-state index < -0.39 is 5.91 Å². The molecular formula is C24H20N2O3S. The minimum Gasteiger partial charge on any atom is -0.497 e. The predicted octanol–water partition coefficient (Wildman–Crippen LogP) is 5.16. The van der Waals surface area contributed by atoms with E-state index in [1.807, 2.05) is 66.7 Å². The van der Waals surface area contributed by atoms with E-state index in [-0.39, 0.29) is 10.9 Å². The minimum absolute atomic E-state index is 0.207. The van der Waals surface area contributed by atoms with Crippen molar-refractivity contribution in [3.8, 4) is 5.75 Å². The number of carbonyl (C=O) groups is 1. The van der Waals surface area contributed by atoms with Crippen LogP contribution in [0.15, 0.2) is 83.3 Å². The molecule has 0 bridgehead atoms. The van der Waals surface area contributed by atoms with Crippen LogP contribution in [-0.2, 0) is 6.42 Å². The van der Waals surface area contributed by atoms with Crippen molar-refractivity contribution in [2.45, 2.75) is 6.42 Å². The number of ether oxygens (including phenoxy) is 1. The summed E-state index contributed by atoms with van der Waals surface area (Å²) in [6.45, 7) is 0. The quantitative estimate of drug-likeness (QED) is 0.440. The number of carbonyl (C=O) groups excluding carboxylic acids is 1. The largest absolute Gasteiger partial charge is 0.497 e. The van der Waals surface area contributed by atoms with Crippen molar-refractivity contribution >= 4 is 39.9 Å².